The Balaban J connectivity index is 2.05. The average molecular weight is 267 g/mol. The van der Waals surface area contributed by atoms with Gasteiger partial charge in [-0.05, 0) is 36.6 Å². The number of pyridine rings is 1. The van der Waals surface area contributed by atoms with Crippen molar-refractivity contribution in [3.63, 3.8) is 0 Å². The number of aromatic nitrogens is 1. The van der Waals surface area contributed by atoms with Crippen LogP contribution in [0.1, 0.15) is 33.8 Å². The highest BCUT2D eigenvalue weighted by atomic mass is 16.1. The third-order valence-electron chi connectivity index (χ3n) is 3.84. The number of carbonyl (C=O) groups is 1. The second-order valence-corrected chi connectivity index (χ2v) is 5.11. The molecule has 3 rings (SSSR count). The number of aryl methyl sites for hydroxylation is 1. The molecule has 0 saturated carbocycles. The lowest BCUT2D eigenvalue weighted by Crippen LogP contribution is -2.24. The van der Waals surface area contributed by atoms with Gasteiger partial charge in [0.1, 0.15) is 5.82 Å². The molecule has 0 bridgehead atoms. The Kier molecular flexibility index (Phi) is 3.14. The molecule has 1 atom stereocenters. The van der Waals surface area contributed by atoms with Crippen molar-refractivity contribution in [1.29, 1.82) is 0 Å². The monoisotopic (exact) mass is 267 g/mol. The minimum absolute atomic E-state index is 0.0713. The maximum Gasteiger partial charge on any atom is 0.174 e. The number of benzene rings is 1. The van der Waals surface area contributed by atoms with Crippen molar-refractivity contribution in [2.75, 3.05) is 17.6 Å². The Hall–Kier alpha value is -2.36. The van der Waals surface area contributed by atoms with Crippen molar-refractivity contribution >= 4 is 17.3 Å². The van der Waals surface area contributed by atoms with Gasteiger partial charge in [-0.15, -0.1) is 0 Å². The number of carbonyl (C=O) groups excluding carboxylic acids is 1. The van der Waals surface area contributed by atoms with Crippen LogP contribution in [0, 0.1) is 6.92 Å². The zero-order valence-corrected chi connectivity index (χ0v) is 11.4. The van der Waals surface area contributed by atoms with E-state index in [9.17, 15) is 4.79 Å². The van der Waals surface area contributed by atoms with Gasteiger partial charge in [-0.3, -0.25) is 4.79 Å². The van der Waals surface area contributed by atoms with Crippen LogP contribution in [0.25, 0.3) is 0 Å². The minimum Gasteiger partial charge on any atom is -0.385 e. The zero-order chi connectivity index (χ0) is 14.1. The molecule has 4 heteroatoms. The molecule has 0 amide bonds. The number of Topliss-reactive ketones (excluding diaryl/α,β-unsaturated/α-hetero) is 1. The van der Waals surface area contributed by atoms with E-state index in [2.05, 4.69) is 10.3 Å². The number of fused-ring (bicyclic) bond motifs is 1. The van der Waals surface area contributed by atoms with E-state index in [1.165, 1.54) is 0 Å². The van der Waals surface area contributed by atoms with Crippen LogP contribution in [0.4, 0.5) is 11.5 Å². The molecule has 1 aromatic heterocycles. The number of nitrogen functional groups attached to an aromatic ring is 1. The quantitative estimate of drug-likeness (QED) is 0.821. The van der Waals surface area contributed by atoms with Crippen molar-refractivity contribution in [2.24, 2.45) is 0 Å². The largest absolute Gasteiger partial charge is 0.385 e. The molecule has 1 aliphatic rings. The van der Waals surface area contributed by atoms with Gasteiger partial charge in [0.15, 0.2) is 5.78 Å². The van der Waals surface area contributed by atoms with E-state index in [0.717, 1.165) is 29.8 Å². The Morgan fingerprint density at radius 1 is 1.35 bits per heavy atom. The van der Waals surface area contributed by atoms with Crippen molar-refractivity contribution in [3.05, 3.63) is 53.2 Å². The number of nitrogens with one attached hydrogen (secondary N) is 1. The first kappa shape index (κ1) is 12.7. The number of hydrogen-bond donors (Lipinski definition) is 2. The molecule has 4 nitrogen and oxygen atoms in total. The third kappa shape index (κ3) is 2.03. The highest BCUT2D eigenvalue weighted by Crippen LogP contribution is 2.35. The maximum atomic E-state index is 12.9. The highest BCUT2D eigenvalue weighted by Gasteiger charge is 2.29. The minimum atomic E-state index is -0.141. The predicted molar refractivity (Wildman–Crippen MR) is 80.0 cm³/mol. The van der Waals surface area contributed by atoms with E-state index in [1.54, 1.807) is 6.20 Å². The van der Waals surface area contributed by atoms with E-state index in [-0.39, 0.29) is 11.7 Å². The lowest BCUT2D eigenvalue weighted by molar-refractivity contribution is 0.0955. The lowest BCUT2D eigenvalue weighted by atomic mass is 9.84. The van der Waals surface area contributed by atoms with Gasteiger partial charge in [0.05, 0.1) is 11.5 Å². The van der Waals surface area contributed by atoms with Gasteiger partial charge in [0, 0.05) is 18.4 Å². The molecular formula is C16H17N3O. The normalized spacial score (nSPS) is 17.1. The number of para-hydroxylation sites is 1. The van der Waals surface area contributed by atoms with Crippen LogP contribution < -0.4 is 11.1 Å². The van der Waals surface area contributed by atoms with Gasteiger partial charge in [0.25, 0.3) is 0 Å². The van der Waals surface area contributed by atoms with Crippen LogP contribution in [0.2, 0.25) is 0 Å². The van der Waals surface area contributed by atoms with Crippen LogP contribution in [0.3, 0.4) is 0 Å². The van der Waals surface area contributed by atoms with Crippen LogP contribution in [0.5, 0.6) is 0 Å². The molecule has 102 valence electrons. The Morgan fingerprint density at radius 2 is 2.15 bits per heavy atom. The van der Waals surface area contributed by atoms with Gasteiger partial charge in [-0.25, -0.2) is 4.98 Å². The molecule has 2 aromatic rings. The highest BCUT2D eigenvalue weighted by molar-refractivity contribution is 6.06. The predicted octanol–water partition coefficient (Wildman–Crippen LogP) is 2.75. The van der Waals surface area contributed by atoms with Gasteiger partial charge >= 0.3 is 0 Å². The van der Waals surface area contributed by atoms with E-state index in [0.29, 0.717) is 11.4 Å². The topological polar surface area (TPSA) is 68.0 Å². The number of hydrogen-bond acceptors (Lipinski definition) is 4. The number of rotatable bonds is 2. The fraction of sp³-hybridized carbons (Fsp3) is 0.250. The summed E-state index contributed by atoms with van der Waals surface area (Å²) in [6.07, 6.45) is 2.42. The number of nitrogens with two attached hydrogens (primary N) is 1. The molecule has 0 spiro atoms. The molecular weight excluding hydrogens is 250 g/mol. The maximum absolute atomic E-state index is 12.9. The lowest BCUT2D eigenvalue weighted by Gasteiger charge is -2.26. The van der Waals surface area contributed by atoms with E-state index >= 15 is 0 Å². The summed E-state index contributed by atoms with van der Waals surface area (Å²) in [6.45, 7) is 2.70. The van der Waals surface area contributed by atoms with Crippen molar-refractivity contribution in [3.8, 4) is 0 Å². The number of ketones is 1. The molecule has 1 unspecified atom stereocenters. The summed E-state index contributed by atoms with van der Waals surface area (Å²) in [7, 11) is 0. The van der Waals surface area contributed by atoms with Gasteiger partial charge < -0.3 is 11.1 Å². The van der Waals surface area contributed by atoms with Gasteiger partial charge in [0.2, 0.25) is 0 Å². The summed E-state index contributed by atoms with van der Waals surface area (Å²) in [5, 5.41) is 3.33. The van der Waals surface area contributed by atoms with Crippen LogP contribution in [-0.2, 0) is 0 Å². The number of anilines is 2. The summed E-state index contributed by atoms with van der Waals surface area (Å²) in [6, 6.07) is 9.78. The van der Waals surface area contributed by atoms with Crippen molar-refractivity contribution in [1.82, 2.24) is 4.98 Å². The molecule has 2 heterocycles. The molecule has 20 heavy (non-hydrogen) atoms. The summed E-state index contributed by atoms with van der Waals surface area (Å²) in [4.78, 5) is 16.9. The van der Waals surface area contributed by atoms with Crippen LogP contribution >= 0.6 is 0 Å². The third-order valence-corrected chi connectivity index (χ3v) is 3.84. The summed E-state index contributed by atoms with van der Waals surface area (Å²) >= 11 is 0. The number of nitrogens with zero attached hydrogens (tertiary/aromatic N) is 1. The first-order chi connectivity index (χ1) is 9.68. The second kappa shape index (κ2) is 4.96. The molecule has 1 aliphatic heterocycles. The Morgan fingerprint density at radius 3 is 2.95 bits per heavy atom. The summed E-state index contributed by atoms with van der Waals surface area (Å²) in [5.74, 6) is 0.255. The first-order valence-electron chi connectivity index (χ1n) is 6.76. The van der Waals surface area contributed by atoms with E-state index < -0.39 is 0 Å². The molecule has 0 radical (unpaired) electrons. The fourth-order valence-corrected chi connectivity index (χ4v) is 2.81. The van der Waals surface area contributed by atoms with Gasteiger partial charge in [-0.2, -0.15) is 0 Å². The van der Waals surface area contributed by atoms with Crippen molar-refractivity contribution < 1.29 is 4.79 Å². The summed E-state index contributed by atoms with van der Waals surface area (Å²) in [5.41, 5.74) is 9.44. The first-order valence-corrected chi connectivity index (χ1v) is 6.76. The zero-order valence-electron chi connectivity index (χ0n) is 11.4. The average Bonchev–Trinajstić information content (AvgIpc) is 2.46. The molecule has 0 aliphatic carbocycles. The SMILES string of the molecule is Cc1ccnc(N)c1C(=O)C1CCNc2ccccc21. The molecule has 0 fully saturated rings. The van der Waals surface area contributed by atoms with E-state index in [4.69, 9.17) is 5.73 Å². The molecule has 3 N–H and O–H groups in total. The van der Waals surface area contributed by atoms with Gasteiger partial charge in [-0.1, -0.05) is 18.2 Å². The Bertz CT molecular complexity index is 646. The Labute approximate surface area is 118 Å². The fourth-order valence-electron chi connectivity index (χ4n) is 2.81. The van der Waals surface area contributed by atoms with Crippen molar-refractivity contribution in [2.45, 2.75) is 19.3 Å². The van der Waals surface area contributed by atoms with E-state index in [1.807, 2.05) is 37.3 Å². The second-order valence-electron chi connectivity index (χ2n) is 5.11. The molecule has 0 saturated heterocycles. The molecule has 1 aromatic carbocycles. The van der Waals surface area contributed by atoms with Crippen LogP contribution in [-0.4, -0.2) is 17.3 Å². The van der Waals surface area contributed by atoms with Crippen LogP contribution in [0.15, 0.2) is 36.5 Å². The summed E-state index contributed by atoms with van der Waals surface area (Å²) < 4.78 is 0. The standard InChI is InChI=1S/C16H17N3O/c1-10-6-8-19-16(17)14(10)15(20)12-7-9-18-13-5-3-2-4-11(12)13/h2-6,8,12,18H,7,9H2,1H3,(H2,17,19). The smallest absolute Gasteiger partial charge is 0.174 e.